The van der Waals surface area contributed by atoms with E-state index < -0.39 is 21.0 Å². The predicted octanol–water partition coefficient (Wildman–Crippen LogP) is 2.08. The van der Waals surface area contributed by atoms with Gasteiger partial charge < -0.3 is 4.74 Å². The Morgan fingerprint density at radius 3 is 2.06 bits per heavy atom. The summed E-state index contributed by atoms with van der Waals surface area (Å²) in [5.74, 6) is -0.183. The molecule has 100 valence electrons. The normalized spacial score (nSPS) is 12.2. The van der Waals surface area contributed by atoms with Gasteiger partial charge in [0.05, 0.1) is 12.0 Å². The minimum Gasteiger partial charge on any atom is -0.497 e. The van der Waals surface area contributed by atoms with Crippen molar-refractivity contribution in [2.24, 2.45) is 5.41 Å². The number of sulfone groups is 1. The second-order valence-electron chi connectivity index (χ2n) is 5.11. The van der Waals surface area contributed by atoms with Crippen molar-refractivity contribution in [3.63, 3.8) is 0 Å². The lowest BCUT2D eigenvalue weighted by Crippen LogP contribution is -2.28. The molecule has 0 saturated carbocycles. The first kappa shape index (κ1) is 14.7. The minimum absolute atomic E-state index is 0.140. The highest BCUT2D eigenvalue weighted by Gasteiger charge is 2.27. The van der Waals surface area contributed by atoms with Crippen molar-refractivity contribution in [1.29, 1.82) is 0 Å². The van der Waals surface area contributed by atoms with Crippen LogP contribution >= 0.6 is 0 Å². The van der Waals surface area contributed by atoms with Crippen molar-refractivity contribution in [1.82, 2.24) is 0 Å². The first-order valence-electron chi connectivity index (χ1n) is 5.57. The molecule has 18 heavy (non-hydrogen) atoms. The van der Waals surface area contributed by atoms with Gasteiger partial charge in [0.15, 0.2) is 15.6 Å². The molecule has 0 fully saturated rings. The van der Waals surface area contributed by atoms with Crippen molar-refractivity contribution in [3.8, 4) is 5.75 Å². The largest absolute Gasteiger partial charge is 0.497 e. The number of methoxy groups -OCH3 is 1. The van der Waals surface area contributed by atoms with Crippen LogP contribution < -0.4 is 4.74 Å². The summed E-state index contributed by atoms with van der Waals surface area (Å²) in [6, 6.07) is 6.02. The first-order valence-corrected chi connectivity index (χ1v) is 7.22. The van der Waals surface area contributed by atoms with Crippen LogP contribution in [-0.4, -0.2) is 27.1 Å². The highest BCUT2D eigenvalue weighted by Crippen LogP contribution is 2.21. The van der Waals surface area contributed by atoms with Gasteiger partial charge in [-0.05, 0) is 24.3 Å². The Hall–Kier alpha value is -1.36. The van der Waals surface area contributed by atoms with Crippen molar-refractivity contribution < 1.29 is 17.9 Å². The van der Waals surface area contributed by atoms with Crippen LogP contribution in [0.1, 0.15) is 20.8 Å². The molecule has 0 spiro atoms. The number of carbonyl (C=O) groups excluding carboxylic acids is 1. The lowest BCUT2D eigenvalue weighted by atomic mass is 9.92. The van der Waals surface area contributed by atoms with E-state index in [4.69, 9.17) is 4.74 Å². The maximum Gasteiger partial charge on any atom is 0.185 e. The molecule has 0 atom stereocenters. The van der Waals surface area contributed by atoms with Gasteiger partial charge in [0.25, 0.3) is 0 Å². The van der Waals surface area contributed by atoms with Gasteiger partial charge in [-0.1, -0.05) is 20.8 Å². The van der Waals surface area contributed by atoms with Crippen LogP contribution in [0, 0.1) is 5.41 Å². The second-order valence-corrected chi connectivity index (χ2v) is 7.10. The summed E-state index contributed by atoms with van der Waals surface area (Å²) in [5, 5.41) is 0. The smallest absolute Gasteiger partial charge is 0.185 e. The molecule has 5 heteroatoms. The van der Waals surface area contributed by atoms with E-state index in [1.807, 2.05) is 0 Å². The molecule has 4 nitrogen and oxygen atoms in total. The van der Waals surface area contributed by atoms with Crippen molar-refractivity contribution in [3.05, 3.63) is 24.3 Å². The van der Waals surface area contributed by atoms with Gasteiger partial charge in [-0.2, -0.15) is 0 Å². The highest BCUT2D eigenvalue weighted by atomic mass is 32.2. The third kappa shape index (κ3) is 3.57. The predicted molar refractivity (Wildman–Crippen MR) is 69.5 cm³/mol. The zero-order valence-corrected chi connectivity index (χ0v) is 11.9. The number of ether oxygens (including phenoxy) is 1. The number of Topliss-reactive ketones (excluding diaryl/α,β-unsaturated/α-hetero) is 1. The average molecular weight is 270 g/mol. The van der Waals surface area contributed by atoms with Gasteiger partial charge in [0, 0.05) is 5.41 Å². The lowest BCUT2D eigenvalue weighted by Gasteiger charge is -2.16. The highest BCUT2D eigenvalue weighted by molar-refractivity contribution is 7.92. The van der Waals surface area contributed by atoms with Gasteiger partial charge in [-0.25, -0.2) is 8.42 Å². The Bertz CT molecular complexity index is 521. The summed E-state index contributed by atoms with van der Waals surface area (Å²) < 4.78 is 29.0. The molecule has 0 saturated heterocycles. The average Bonchev–Trinajstić information content (AvgIpc) is 2.27. The lowest BCUT2D eigenvalue weighted by molar-refractivity contribution is -0.123. The summed E-state index contributed by atoms with van der Waals surface area (Å²) in [6.07, 6.45) is 0. The number of hydrogen-bond acceptors (Lipinski definition) is 4. The molecule has 0 heterocycles. The van der Waals surface area contributed by atoms with E-state index in [1.54, 1.807) is 32.9 Å². The van der Waals surface area contributed by atoms with E-state index in [-0.39, 0.29) is 10.7 Å². The van der Waals surface area contributed by atoms with Gasteiger partial charge in [0.1, 0.15) is 11.5 Å². The Balaban J connectivity index is 2.96. The van der Waals surface area contributed by atoms with Crippen LogP contribution in [0.15, 0.2) is 29.2 Å². The molecule has 1 aromatic carbocycles. The molecule has 0 radical (unpaired) electrons. The van der Waals surface area contributed by atoms with Crippen LogP contribution in [0.2, 0.25) is 0 Å². The van der Waals surface area contributed by atoms with Gasteiger partial charge >= 0.3 is 0 Å². The molecule has 1 aromatic rings. The molecule has 0 unspecified atom stereocenters. The SMILES string of the molecule is COc1ccc(S(=O)(=O)CC(=O)C(C)(C)C)cc1. The molecule has 0 aliphatic heterocycles. The zero-order chi connectivity index (χ0) is 14.0. The van der Waals surface area contributed by atoms with Gasteiger partial charge in [0.2, 0.25) is 0 Å². The summed E-state index contributed by atoms with van der Waals surface area (Å²) in [5.41, 5.74) is -0.653. The summed E-state index contributed by atoms with van der Waals surface area (Å²) in [6.45, 7) is 5.12. The Morgan fingerprint density at radius 1 is 1.17 bits per heavy atom. The summed E-state index contributed by atoms with van der Waals surface area (Å²) in [7, 11) is -2.07. The quantitative estimate of drug-likeness (QED) is 0.840. The Kier molecular flexibility index (Phi) is 4.16. The van der Waals surface area contributed by atoms with Crippen LogP contribution in [0.25, 0.3) is 0 Å². The molecule has 0 N–H and O–H groups in total. The van der Waals surface area contributed by atoms with E-state index in [2.05, 4.69) is 0 Å². The van der Waals surface area contributed by atoms with Crippen LogP contribution in [-0.2, 0) is 14.6 Å². The molecule has 0 bridgehead atoms. The zero-order valence-electron chi connectivity index (χ0n) is 11.1. The van der Waals surface area contributed by atoms with E-state index in [9.17, 15) is 13.2 Å². The molecular weight excluding hydrogens is 252 g/mol. The molecule has 0 aromatic heterocycles. The number of hydrogen-bond donors (Lipinski definition) is 0. The standard InChI is InChI=1S/C13H18O4S/c1-13(2,3)12(14)9-18(15,16)11-7-5-10(17-4)6-8-11/h5-8H,9H2,1-4H3. The Labute approximate surface area is 108 Å². The molecule has 0 aliphatic rings. The summed E-state index contributed by atoms with van der Waals surface area (Å²) >= 11 is 0. The van der Waals surface area contributed by atoms with Crippen molar-refractivity contribution in [2.75, 3.05) is 12.9 Å². The molecule has 1 rings (SSSR count). The first-order chi connectivity index (χ1) is 8.16. The van der Waals surface area contributed by atoms with Crippen molar-refractivity contribution in [2.45, 2.75) is 25.7 Å². The van der Waals surface area contributed by atoms with Crippen LogP contribution in [0.5, 0.6) is 5.75 Å². The minimum atomic E-state index is -3.57. The third-order valence-corrected chi connectivity index (χ3v) is 4.21. The van der Waals surface area contributed by atoms with Gasteiger partial charge in [-0.15, -0.1) is 0 Å². The van der Waals surface area contributed by atoms with Crippen LogP contribution in [0.3, 0.4) is 0 Å². The maximum absolute atomic E-state index is 12.0. The number of carbonyl (C=O) groups is 1. The second kappa shape index (κ2) is 5.10. The Morgan fingerprint density at radius 2 is 1.67 bits per heavy atom. The van der Waals surface area contributed by atoms with E-state index in [1.165, 1.54) is 19.2 Å². The fourth-order valence-electron chi connectivity index (χ4n) is 1.26. The van der Waals surface area contributed by atoms with Crippen molar-refractivity contribution >= 4 is 15.6 Å². The van der Waals surface area contributed by atoms with Crippen LogP contribution in [0.4, 0.5) is 0 Å². The fourth-order valence-corrected chi connectivity index (χ4v) is 2.75. The molecule has 0 aliphatic carbocycles. The summed E-state index contributed by atoms with van der Waals surface area (Å²) in [4.78, 5) is 11.9. The molecule has 0 amide bonds. The topological polar surface area (TPSA) is 60.4 Å². The monoisotopic (exact) mass is 270 g/mol. The van der Waals surface area contributed by atoms with E-state index >= 15 is 0 Å². The number of rotatable bonds is 4. The number of benzene rings is 1. The van der Waals surface area contributed by atoms with E-state index in [0.717, 1.165) is 0 Å². The van der Waals surface area contributed by atoms with Gasteiger partial charge in [-0.3, -0.25) is 4.79 Å². The third-order valence-electron chi connectivity index (χ3n) is 2.58. The van der Waals surface area contributed by atoms with E-state index in [0.29, 0.717) is 5.75 Å². The molecular formula is C13H18O4S. The fraction of sp³-hybridized carbons (Fsp3) is 0.462. The number of ketones is 1. The maximum atomic E-state index is 12.0.